The Labute approximate surface area is 253 Å². The number of carboxylic acid groups (broad SMARTS) is 1. The topological polar surface area (TPSA) is 146 Å². The summed E-state index contributed by atoms with van der Waals surface area (Å²) < 4.78 is 18.4. The van der Waals surface area contributed by atoms with Gasteiger partial charge >= 0.3 is 12.1 Å². The molecule has 10 nitrogen and oxygen atoms in total. The molecule has 3 N–H and O–H groups in total. The zero-order valence-electron chi connectivity index (χ0n) is 23.4. The van der Waals surface area contributed by atoms with E-state index in [4.69, 9.17) is 4.74 Å². The lowest BCUT2D eigenvalue weighted by Gasteiger charge is -2.31. The third-order valence-corrected chi connectivity index (χ3v) is 9.14. The number of carbonyl (C=O) groups excluding carboxylic acids is 2. The molecule has 3 aromatic carbocycles. The molecule has 3 atom stereocenters. The molecule has 4 rings (SSSR count). The highest BCUT2D eigenvalue weighted by Gasteiger charge is 2.37. The van der Waals surface area contributed by atoms with Gasteiger partial charge in [0.05, 0.1) is 17.2 Å². The van der Waals surface area contributed by atoms with Crippen molar-refractivity contribution < 1.29 is 33.7 Å². The molecule has 43 heavy (non-hydrogen) atoms. The zero-order chi connectivity index (χ0) is 30.8. The second-order valence-electron chi connectivity index (χ2n) is 9.89. The number of aliphatic carboxylic acids is 1. The van der Waals surface area contributed by atoms with E-state index >= 15 is 0 Å². The second-order valence-corrected chi connectivity index (χ2v) is 13.2. The Morgan fingerprint density at radius 3 is 2.21 bits per heavy atom. The Balaban J connectivity index is 1.52. The Hall–Kier alpha value is -4.31. The fourth-order valence-electron chi connectivity index (χ4n) is 4.46. The number of carboxylic acids is 1. The van der Waals surface area contributed by atoms with Crippen LogP contribution in [0.5, 0.6) is 0 Å². The van der Waals surface area contributed by atoms with E-state index in [1.165, 1.54) is 18.3 Å². The average molecular weight is 622 g/mol. The van der Waals surface area contributed by atoms with E-state index in [1.807, 2.05) is 36.4 Å². The molecule has 0 aliphatic rings. The number of amides is 2. The van der Waals surface area contributed by atoms with Crippen LogP contribution in [0.4, 0.5) is 10.5 Å². The Morgan fingerprint density at radius 1 is 0.977 bits per heavy atom. The average Bonchev–Trinajstić information content (AvgIpc) is 3.53. The third-order valence-electron chi connectivity index (χ3n) is 6.68. The second kappa shape index (κ2) is 14.7. The van der Waals surface area contributed by atoms with Crippen LogP contribution in [0, 0.1) is 5.92 Å². The van der Waals surface area contributed by atoms with E-state index in [2.05, 4.69) is 10.3 Å². The van der Waals surface area contributed by atoms with E-state index in [0.717, 1.165) is 21.6 Å². The van der Waals surface area contributed by atoms with Crippen LogP contribution >= 0.6 is 18.7 Å². The third kappa shape index (κ3) is 9.09. The normalized spacial score (nSPS) is 13.7. The SMILES string of the molecule is C[C@@H](C(=O)O)N(C(=O)C(Cc1nccs1)CP(=O)(O)CNC(=O)OCc1ccccc1)c1ccc(-c2ccccc2)cc1. The van der Waals surface area contributed by atoms with E-state index in [0.29, 0.717) is 10.7 Å². The summed E-state index contributed by atoms with van der Waals surface area (Å²) in [6.07, 6.45) is -0.423. The first kappa shape index (κ1) is 31.6. The van der Waals surface area contributed by atoms with Gasteiger partial charge in [-0.2, -0.15) is 0 Å². The number of nitrogens with zero attached hydrogens (tertiary/aromatic N) is 2. The molecule has 0 bridgehead atoms. The predicted octanol–water partition coefficient (Wildman–Crippen LogP) is 5.63. The van der Waals surface area contributed by atoms with Crippen LogP contribution in [-0.4, -0.2) is 51.4 Å². The molecular weight excluding hydrogens is 589 g/mol. The standard InChI is InChI=1S/C31H32N3O7PS/c1-22(30(36)37)34(27-14-12-25(13-15-27)24-10-6-3-7-11-24)29(35)26(18-28-32-16-17-43-28)20-42(39,40)21-33-31(38)41-19-23-8-4-2-5-9-23/h2-17,22,26H,18-21H2,1H3,(H,33,38)(H,36,37)(H,39,40)/t22-,26?/m0/s1. The molecule has 0 aliphatic heterocycles. The smallest absolute Gasteiger partial charge is 0.407 e. The molecule has 224 valence electrons. The maximum absolute atomic E-state index is 14.0. The molecule has 0 saturated heterocycles. The number of hydrogen-bond donors (Lipinski definition) is 3. The summed E-state index contributed by atoms with van der Waals surface area (Å²) in [5.74, 6) is -2.97. The lowest BCUT2D eigenvalue weighted by atomic mass is 10.0. The van der Waals surface area contributed by atoms with Gasteiger partial charge in [0.15, 0.2) is 0 Å². The van der Waals surface area contributed by atoms with Crippen LogP contribution in [-0.2, 0) is 31.9 Å². The number of ether oxygens (including phenoxy) is 1. The summed E-state index contributed by atoms with van der Waals surface area (Å²) in [7, 11) is -4.13. The van der Waals surface area contributed by atoms with Crippen molar-refractivity contribution in [2.75, 3.05) is 17.3 Å². The van der Waals surface area contributed by atoms with Crippen LogP contribution in [0.3, 0.4) is 0 Å². The van der Waals surface area contributed by atoms with Crippen LogP contribution in [0.1, 0.15) is 17.5 Å². The summed E-state index contributed by atoms with van der Waals surface area (Å²) in [4.78, 5) is 54.6. The van der Waals surface area contributed by atoms with Gasteiger partial charge in [-0.25, -0.2) is 14.6 Å². The summed E-state index contributed by atoms with van der Waals surface area (Å²) >= 11 is 1.28. The zero-order valence-corrected chi connectivity index (χ0v) is 25.1. The fourth-order valence-corrected chi connectivity index (χ4v) is 6.64. The van der Waals surface area contributed by atoms with E-state index in [9.17, 15) is 28.9 Å². The van der Waals surface area contributed by atoms with Crippen molar-refractivity contribution >= 4 is 42.4 Å². The summed E-state index contributed by atoms with van der Waals surface area (Å²) in [6, 6.07) is 24.2. The van der Waals surface area contributed by atoms with E-state index in [-0.39, 0.29) is 13.0 Å². The highest BCUT2D eigenvalue weighted by atomic mass is 32.1. The van der Waals surface area contributed by atoms with Crippen LogP contribution < -0.4 is 10.2 Å². The number of alkyl carbamates (subject to hydrolysis) is 1. The van der Waals surface area contributed by atoms with Gasteiger partial charge in [-0.3, -0.25) is 14.3 Å². The molecule has 0 spiro atoms. The number of carbonyl (C=O) groups is 3. The minimum atomic E-state index is -4.13. The molecule has 1 aromatic heterocycles. The number of nitrogens with one attached hydrogen (secondary N) is 1. The first-order chi connectivity index (χ1) is 20.6. The number of thiazole rings is 1. The number of benzene rings is 3. The largest absolute Gasteiger partial charge is 0.480 e. The molecular formula is C31H32N3O7PS. The number of hydrogen-bond acceptors (Lipinski definition) is 7. The fraction of sp³-hybridized carbons (Fsp3) is 0.226. The first-order valence-electron chi connectivity index (χ1n) is 13.5. The first-order valence-corrected chi connectivity index (χ1v) is 16.4. The van der Waals surface area contributed by atoms with Crippen LogP contribution in [0.25, 0.3) is 11.1 Å². The number of anilines is 1. The number of aromatic nitrogens is 1. The molecule has 12 heteroatoms. The van der Waals surface area contributed by atoms with Gasteiger partial charge in [0.25, 0.3) is 0 Å². The summed E-state index contributed by atoms with van der Waals surface area (Å²) in [6.45, 7) is 1.37. The maximum atomic E-state index is 14.0. The van der Waals surface area contributed by atoms with E-state index < -0.39 is 49.7 Å². The monoisotopic (exact) mass is 621 g/mol. The van der Waals surface area contributed by atoms with Crippen molar-refractivity contribution in [2.45, 2.75) is 26.0 Å². The van der Waals surface area contributed by atoms with Crippen molar-refractivity contribution in [3.8, 4) is 11.1 Å². The van der Waals surface area contributed by atoms with Crippen molar-refractivity contribution in [1.82, 2.24) is 10.3 Å². The summed E-state index contributed by atoms with van der Waals surface area (Å²) in [5, 5.41) is 14.5. The van der Waals surface area contributed by atoms with Crippen molar-refractivity contribution in [3.63, 3.8) is 0 Å². The molecule has 2 amide bonds. The molecule has 1 heterocycles. The molecule has 4 aromatic rings. The van der Waals surface area contributed by atoms with Gasteiger partial charge in [-0.15, -0.1) is 11.3 Å². The Kier molecular flexibility index (Phi) is 10.8. The summed E-state index contributed by atoms with van der Waals surface area (Å²) in [5.41, 5.74) is 2.92. The molecule has 0 fully saturated rings. The van der Waals surface area contributed by atoms with E-state index in [1.54, 1.807) is 60.1 Å². The predicted molar refractivity (Wildman–Crippen MR) is 165 cm³/mol. The number of rotatable bonds is 13. The minimum Gasteiger partial charge on any atom is -0.480 e. The highest BCUT2D eigenvalue weighted by Crippen LogP contribution is 2.43. The van der Waals surface area contributed by atoms with Gasteiger partial charge in [0.1, 0.15) is 12.6 Å². The van der Waals surface area contributed by atoms with Crippen LogP contribution in [0.15, 0.2) is 96.5 Å². The Bertz CT molecular complexity index is 1550. The lowest BCUT2D eigenvalue weighted by Crippen LogP contribution is -2.47. The van der Waals surface area contributed by atoms with Crippen molar-refractivity contribution in [1.29, 1.82) is 0 Å². The Morgan fingerprint density at radius 2 is 1.60 bits per heavy atom. The maximum Gasteiger partial charge on any atom is 0.407 e. The van der Waals surface area contributed by atoms with Crippen molar-refractivity contribution in [2.24, 2.45) is 5.92 Å². The molecule has 0 aliphatic carbocycles. The lowest BCUT2D eigenvalue weighted by molar-refractivity contribution is -0.140. The van der Waals surface area contributed by atoms with Gasteiger partial charge in [-0.05, 0) is 35.7 Å². The van der Waals surface area contributed by atoms with Gasteiger partial charge in [0, 0.05) is 29.8 Å². The molecule has 2 unspecified atom stereocenters. The molecule has 0 saturated carbocycles. The van der Waals surface area contributed by atoms with Gasteiger partial charge in [-0.1, -0.05) is 72.8 Å². The van der Waals surface area contributed by atoms with Gasteiger partial charge < -0.3 is 20.1 Å². The molecule has 0 radical (unpaired) electrons. The van der Waals surface area contributed by atoms with Crippen molar-refractivity contribution in [3.05, 3.63) is 107 Å². The minimum absolute atomic E-state index is 0.0152. The quantitative estimate of drug-likeness (QED) is 0.163. The highest BCUT2D eigenvalue weighted by molar-refractivity contribution is 7.58. The van der Waals surface area contributed by atoms with Gasteiger partial charge in [0.2, 0.25) is 13.3 Å². The van der Waals surface area contributed by atoms with Crippen LogP contribution in [0.2, 0.25) is 0 Å².